The van der Waals surface area contributed by atoms with Crippen LogP contribution in [0.25, 0.3) is 0 Å². The minimum absolute atomic E-state index is 0.112. The molecule has 0 amide bonds. The molecule has 112 valence electrons. The van der Waals surface area contributed by atoms with Crippen molar-refractivity contribution in [1.82, 2.24) is 0 Å². The molecular formula is C17H25BrO2. The fourth-order valence-electron chi connectivity index (χ4n) is 2.09. The van der Waals surface area contributed by atoms with Crippen molar-refractivity contribution in [3.63, 3.8) is 0 Å². The topological polar surface area (TPSA) is 26.3 Å². The molecule has 1 aromatic rings. The first-order valence-corrected chi connectivity index (χ1v) is 8.68. The summed E-state index contributed by atoms with van der Waals surface area (Å²) in [7, 11) is 0. The van der Waals surface area contributed by atoms with Crippen molar-refractivity contribution in [2.24, 2.45) is 0 Å². The Kier molecular flexibility index (Phi) is 9.38. The molecule has 0 unspecified atom stereocenters. The molecule has 2 nitrogen and oxygen atoms in total. The van der Waals surface area contributed by atoms with Crippen LogP contribution >= 0.6 is 15.9 Å². The highest BCUT2D eigenvalue weighted by Gasteiger charge is 2.06. The van der Waals surface area contributed by atoms with Gasteiger partial charge in [-0.15, -0.1) is 0 Å². The third-order valence-corrected chi connectivity index (χ3v) is 3.89. The number of carbonyl (C=O) groups is 1. The number of esters is 1. The van der Waals surface area contributed by atoms with Crippen LogP contribution in [0.2, 0.25) is 0 Å². The molecule has 0 fully saturated rings. The molecule has 0 aliphatic carbocycles. The molecule has 0 saturated carbocycles. The summed E-state index contributed by atoms with van der Waals surface area (Å²) in [5.41, 5.74) is 1.01. The monoisotopic (exact) mass is 340 g/mol. The maximum Gasteiger partial charge on any atom is 0.311 e. The summed E-state index contributed by atoms with van der Waals surface area (Å²) in [6, 6.07) is 7.64. The third-order valence-electron chi connectivity index (χ3n) is 3.33. The van der Waals surface area contributed by atoms with Crippen LogP contribution in [0.15, 0.2) is 24.3 Å². The number of benzene rings is 1. The van der Waals surface area contributed by atoms with Crippen LogP contribution in [0.4, 0.5) is 0 Å². The van der Waals surface area contributed by atoms with E-state index in [4.69, 9.17) is 4.74 Å². The van der Waals surface area contributed by atoms with E-state index in [2.05, 4.69) is 15.9 Å². The van der Waals surface area contributed by atoms with Crippen LogP contribution in [-0.4, -0.2) is 11.3 Å². The Morgan fingerprint density at radius 2 is 1.60 bits per heavy atom. The molecule has 0 heterocycles. The van der Waals surface area contributed by atoms with Crippen LogP contribution < -0.4 is 4.74 Å². The number of ether oxygens (including phenoxy) is 1. The summed E-state index contributed by atoms with van der Waals surface area (Å²) in [6.07, 6.45) is 8.96. The maximum atomic E-state index is 11.7. The van der Waals surface area contributed by atoms with Crippen LogP contribution in [0.3, 0.4) is 0 Å². The van der Waals surface area contributed by atoms with Gasteiger partial charge in [-0.2, -0.15) is 0 Å². The lowest BCUT2D eigenvalue weighted by molar-refractivity contribution is -0.134. The van der Waals surface area contributed by atoms with E-state index in [9.17, 15) is 4.79 Å². The van der Waals surface area contributed by atoms with Crippen molar-refractivity contribution in [3.8, 4) is 5.75 Å². The first-order valence-electron chi connectivity index (χ1n) is 7.56. The van der Waals surface area contributed by atoms with Crippen LogP contribution in [0, 0.1) is 6.92 Å². The Morgan fingerprint density at radius 1 is 1.00 bits per heavy atom. The number of rotatable bonds is 10. The van der Waals surface area contributed by atoms with Crippen molar-refractivity contribution < 1.29 is 9.53 Å². The number of hydrogen-bond donors (Lipinski definition) is 0. The van der Waals surface area contributed by atoms with Gasteiger partial charge in [0, 0.05) is 11.8 Å². The Morgan fingerprint density at radius 3 is 2.25 bits per heavy atom. The highest BCUT2D eigenvalue weighted by molar-refractivity contribution is 9.09. The Balaban J connectivity index is 2.05. The summed E-state index contributed by atoms with van der Waals surface area (Å²) in [4.78, 5) is 11.7. The van der Waals surface area contributed by atoms with Gasteiger partial charge < -0.3 is 4.74 Å². The molecule has 0 N–H and O–H groups in total. The smallest absolute Gasteiger partial charge is 0.311 e. The highest BCUT2D eigenvalue weighted by atomic mass is 79.9. The number of alkyl halides is 1. The quantitative estimate of drug-likeness (QED) is 0.246. The summed E-state index contributed by atoms with van der Waals surface area (Å²) < 4.78 is 5.36. The lowest BCUT2D eigenvalue weighted by atomic mass is 10.1. The third kappa shape index (κ3) is 7.68. The lowest BCUT2D eigenvalue weighted by Gasteiger charge is -2.06. The van der Waals surface area contributed by atoms with Gasteiger partial charge in [-0.3, -0.25) is 4.79 Å². The van der Waals surface area contributed by atoms with Gasteiger partial charge in [0.15, 0.2) is 0 Å². The number of aryl methyl sites for hydroxylation is 1. The zero-order chi connectivity index (χ0) is 14.6. The summed E-state index contributed by atoms with van der Waals surface area (Å²) >= 11 is 3.44. The van der Waals surface area contributed by atoms with Gasteiger partial charge in [0.2, 0.25) is 0 Å². The fraction of sp³-hybridized carbons (Fsp3) is 0.588. The molecule has 0 saturated heterocycles. The van der Waals surface area contributed by atoms with Crippen molar-refractivity contribution in [3.05, 3.63) is 29.8 Å². The Hall–Kier alpha value is -0.830. The molecule has 0 aliphatic heterocycles. The molecule has 0 atom stereocenters. The number of para-hydroxylation sites is 1. The molecule has 0 radical (unpaired) electrons. The molecule has 1 aromatic carbocycles. The van der Waals surface area contributed by atoms with Crippen LogP contribution in [0.1, 0.15) is 56.9 Å². The minimum atomic E-state index is -0.112. The van der Waals surface area contributed by atoms with Crippen molar-refractivity contribution in [2.75, 3.05) is 5.33 Å². The van der Waals surface area contributed by atoms with E-state index in [0.29, 0.717) is 12.2 Å². The van der Waals surface area contributed by atoms with Gasteiger partial charge in [0.25, 0.3) is 0 Å². The Labute approximate surface area is 131 Å². The molecule has 3 heteroatoms. The maximum absolute atomic E-state index is 11.7. The molecule has 20 heavy (non-hydrogen) atoms. The van der Waals surface area contributed by atoms with Gasteiger partial charge in [-0.25, -0.2) is 0 Å². The largest absolute Gasteiger partial charge is 0.426 e. The number of unbranched alkanes of at least 4 members (excludes halogenated alkanes) is 6. The fourth-order valence-corrected chi connectivity index (χ4v) is 2.49. The zero-order valence-electron chi connectivity index (χ0n) is 12.4. The van der Waals surface area contributed by atoms with E-state index in [0.717, 1.165) is 23.7 Å². The average Bonchev–Trinajstić information content (AvgIpc) is 2.44. The zero-order valence-corrected chi connectivity index (χ0v) is 14.0. The van der Waals surface area contributed by atoms with Gasteiger partial charge >= 0.3 is 5.97 Å². The molecule has 1 rings (SSSR count). The van der Waals surface area contributed by atoms with Crippen molar-refractivity contribution in [2.45, 2.75) is 58.3 Å². The molecule has 0 bridgehead atoms. The summed E-state index contributed by atoms with van der Waals surface area (Å²) in [6.45, 7) is 1.95. The van der Waals surface area contributed by atoms with Crippen LogP contribution in [0.5, 0.6) is 5.75 Å². The van der Waals surface area contributed by atoms with E-state index >= 15 is 0 Å². The van der Waals surface area contributed by atoms with Gasteiger partial charge in [-0.1, -0.05) is 66.2 Å². The minimum Gasteiger partial charge on any atom is -0.426 e. The van der Waals surface area contributed by atoms with Gasteiger partial charge in [0.05, 0.1) is 0 Å². The average molecular weight is 341 g/mol. The number of hydrogen-bond acceptors (Lipinski definition) is 2. The lowest BCUT2D eigenvalue weighted by Crippen LogP contribution is -2.08. The van der Waals surface area contributed by atoms with E-state index in [1.807, 2.05) is 31.2 Å². The highest BCUT2D eigenvalue weighted by Crippen LogP contribution is 2.17. The predicted molar refractivity (Wildman–Crippen MR) is 87.5 cm³/mol. The van der Waals surface area contributed by atoms with Gasteiger partial charge in [-0.05, 0) is 31.4 Å². The predicted octanol–water partition coefficient (Wildman–Crippen LogP) is 5.42. The van der Waals surface area contributed by atoms with E-state index < -0.39 is 0 Å². The first kappa shape index (κ1) is 17.2. The van der Waals surface area contributed by atoms with Crippen molar-refractivity contribution in [1.29, 1.82) is 0 Å². The second-order valence-corrected chi connectivity index (χ2v) is 5.95. The second kappa shape index (κ2) is 10.9. The van der Waals surface area contributed by atoms with Gasteiger partial charge in [0.1, 0.15) is 5.75 Å². The first-order chi connectivity index (χ1) is 9.74. The van der Waals surface area contributed by atoms with E-state index in [1.165, 1.54) is 32.1 Å². The number of halogens is 1. The molecular weight excluding hydrogens is 316 g/mol. The summed E-state index contributed by atoms with van der Waals surface area (Å²) in [5.74, 6) is 0.575. The van der Waals surface area contributed by atoms with E-state index in [1.54, 1.807) is 0 Å². The standard InChI is InChI=1S/C17H25BrO2/c1-15-11-8-9-12-16(15)20-17(19)13-7-5-3-2-4-6-10-14-18/h8-9,11-12H,2-7,10,13-14H2,1H3. The molecule has 0 spiro atoms. The molecule has 0 aliphatic rings. The number of carbonyl (C=O) groups excluding carboxylic acids is 1. The summed E-state index contributed by atoms with van der Waals surface area (Å²) in [5, 5.41) is 1.11. The normalized spacial score (nSPS) is 10.5. The second-order valence-electron chi connectivity index (χ2n) is 5.15. The van der Waals surface area contributed by atoms with E-state index in [-0.39, 0.29) is 5.97 Å². The SMILES string of the molecule is Cc1ccccc1OC(=O)CCCCCCCCCBr. The van der Waals surface area contributed by atoms with Crippen molar-refractivity contribution >= 4 is 21.9 Å². The van der Waals surface area contributed by atoms with Crippen LogP contribution in [-0.2, 0) is 4.79 Å². The Bertz CT molecular complexity index is 390. The molecule has 0 aromatic heterocycles.